The molecule has 1 fully saturated rings. The lowest BCUT2D eigenvalue weighted by atomic mass is 9.82. The van der Waals surface area contributed by atoms with Gasteiger partial charge in [0, 0.05) is 19.3 Å². The monoisotopic (exact) mass is 446 g/mol. The minimum Gasteiger partial charge on any atom is -0.350 e. The van der Waals surface area contributed by atoms with Gasteiger partial charge in [-0.3, -0.25) is 4.79 Å². The molecule has 1 heterocycles. The SMILES string of the molecule is C[C@@H](NC(=O)C[C@H](C)C(F)(F)F)c1ccc2nc([C@@H](N)C3CCC(F)(F)CC3)[nH]c2c1. The number of benzene rings is 1. The van der Waals surface area contributed by atoms with Crippen LogP contribution in [-0.4, -0.2) is 28.0 Å². The Labute approximate surface area is 177 Å². The fraction of sp³-hybridized carbons (Fsp3) is 0.619. The van der Waals surface area contributed by atoms with Crippen LogP contribution >= 0.6 is 0 Å². The zero-order chi connectivity index (χ0) is 23.0. The molecule has 10 heteroatoms. The maximum absolute atomic E-state index is 13.4. The Bertz CT molecular complexity index is 916. The molecule has 0 aliphatic heterocycles. The minimum absolute atomic E-state index is 0.0894. The second-order valence-corrected chi connectivity index (χ2v) is 8.55. The quantitative estimate of drug-likeness (QED) is 0.537. The van der Waals surface area contributed by atoms with Crippen molar-refractivity contribution < 1.29 is 26.7 Å². The van der Waals surface area contributed by atoms with Crippen molar-refractivity contribution in [3.05, 3.63) is 29.6 Å². The van der Waals surface area contributed by atoms with Gasteiger partial charge in [-0.2, -0.15) is 13.2 Å². The molecule has 3 atom stereocenters. The first kappa shape index (κ1) is 23.4. The predicted octanol–water partition coefficient (Wildman–Crippen LogP) is 5.15. The van der Waals surface area contributed by atoms with Gasteiger partial charge in [0.15, 0.2) is 0 Å². The van der Waals surface area contributed by atoms with Crippen LogP contribution in [0.15, 0.2) is 18.2 Å². The number of aromatic nitrogens is 2. The average molecular weight is 446 g/mol. The van der Waals surface area contributed by atoms with Crippen LogP contribution in [0.1, 0.15) is 69.4 Å². The van der Waals surface area contributed by atoms with E-state index in [9.17, 15) is 26.7 Å². The van der Waals surface area contributed by atoms with Gasteiger partial charge < -0.3 is 16.0 Å². The molecule has 0 bridgehead atoms. The molecule has 172 valence electrons. The van der Waals surface area contributed by atoms with Crippen LogP contribution in [0.4, 0.5) is 22.0 Å². The molecule has 31 heavy (non-hydrogen) atoms. The Morgan fingerprint density at radius 1 is 1.29 bits per heavy atom. The molecule has 0 unspecified atom stereocenters. The molecule has 4 N–H and O–H groups in total. The van der Waals surface area contributed by atoms with E-state index in [1.54, 1.807) is 25.1 Å². The fourth-order valence-corrected chi connectivity index (χ4v) is 3.90. The standard InChI is InChI=1S/C21H27F5N4O/c1-11(21(24,25)26)9-17(31)28-12(2)14-3-4-15-16(10-14)30-19(29-15)18(27)13-5-7-20(22,23)8-6-13/h3-4,10-13,18H,5-9,27H2,1-2H3,(H,28,31)(H,29,30)/t11-,12+,18-/m0/s1. The summed E-state index contributed by atoms with van der Waals surface area (Å²) >= 11 is 0. The number of rotatable bonds is 6. The van der Waals surface area contributed by atoms with Crippen molar-refractivity contribution in [1.82, 2.24) is 15.3 Å². The number of nitrogens with two attached hydrogens (primary N) is 1. The largest absolute Gasteiger partial charge is 0.392 e. The summed E-state index contributed by atoms with van der Waals surface area (Å²) in [6.07, 6.45) is -4.76. The smallest absolute Gasteiger partial charge is 0.350 e. The molecular formula is C21H27F5N4O. The van der Waals surface area contributed by atoms with Gasteiger partial charge >= 0.3 is 6.18 Å². The highest BCUT2D eigenvalue weighted by molar-refractivity contribution is 5.78. The van der Waals surface area contributed by atoms with Crippen LogP contribution in [0.2, 0.25) is 0 Å². The molecule has 0 saturated heterocycles. The van der Waals surface area contributed by atoms with E-state index in [-0.39, 0.29) is 18.8 Å². The van der Waals surface area contributed by atoms with E-state index in [4.69, 9.17) is 5.73 Å². The zero-order valence-corrected chi connectivity index (χ0v) is 17.4. The molecule has 0 spiro atoms. The van der Waals surface area contributed by atoms with Crippen molar-refractivity contribution in [3.8, 4) is 0 Å². The second kappa shape index (κ2) is 8.72. The first-order chi connectivity index (χ1) is 14.4. The summed E-state index contributed by atoms with van der Waals surface area (Å²) < 4.78 is 64.7. The summed E-state index contributed by atoms with van der Waals surface area (Å²) in [7, 11) is 0. The van der Waals surface area contributed by atoms with E-state index in [0.717, 1.165) is 6.92 Å². The van der Waals surface area contributed by atoms with Crippen molar-refractivity contribution in [3.63, 3.8) is 0 Å². The van der Waals surface area contributed by atoms with E-state index in [2.05, 4.69) is 15.3 Å². The number of amides is 1. The van der Waals surface area contributed by atoms with Crippen LogP contribution in [0, 0.1) is 11.8 Å². The number of carbonyl (C=O) groups excluding carboxylic acids is 1. The molecule has 1 aromatic heterocycles. The summed E-state index contributed by atoms with van der Waals surface area (Å²) in [5, 5.41) is 2.58. The Kier molecular flexibility index (Phi) is 6.59. The maximum atomic E-state index is 13.4. The van der Waals surface area contributed by atoms with Crippen LogP contribution in [0.25, 0.3) is 11.0 Å². The number of carbonyl (C=O) groups is 1. The van der Waals surface area contributed by atoms with Crippen molar-refractivity contribution >= 4 is 16.9 Å². The molecule has 1 aliphatic rings. The highest BCUT2D eigenvalue weighted by Crippen LogP contribution is 2.40. The average Bonchev–Trinajstić information content (AvgIpc) is 3.09. The molecule has 1 amide bonds. The summed E-state index contributed by atoms with van der Waals surface area (Å²) in [5.74, 6) is -4.61. The van der Waals surface area contributed by atoms with Gasteiger partial charge in [-0.1, -0.05) is 13.0 Å². The fourth-order valence-electron chi connectivity index (χ4n) is 3.90. The van der Waals surface area contributed by atoms with E-state index in [0.29, 0.717) is 35.3 Å². The first-order valence-electron chi connectivity index (χ1n) is 10.3. The normalized spacial score (nSPS) is 20.4. The molecule has 5 nitrogen and oxygen atoms in total. The van der Waals surface area contributed by atoms with Crippen LogP contribution < -0.4 is 11.1 Å². The number of nitrogens with one attached hydrogen (secondary N) is 2. The van der Waals surface area contributed by atoms with Gasteiger partial charge in [0.25, 0.3) is 0 Å². The van der Waals surface area contributed by atoms with E-state index >= 15 is 0 Å². The molecular weight excluding hydrogens is 419 g/mol. The highest BCUT2D eigenvalue weighted by Gasteiger charge is 2.38. The van der Waals surface area contributed by atoms with Crippen LogP contribution in [0.5, 0.6) is 0 Å². The number of hydrogen-bond donors (Lipinski definition) is 3. The lowest BCUT2D eigenvalue weighted by Crippen LogP contribution is -2.31. The summed E-state index contributed by atoms with van der Waals surface area (Å²) in [6, 6.07) is 4.22. The van der Waals surface area contributed by atoms with Gasteiger partial charge in [0.2, 0.25) is 11.8 Å². The number of aromatic amines is 1. The van der Waals surface area contributed by atoms with Crippen molar-refractivity contribution in [1.29, 1.82) is 0 Å². The van der Waals surface area contributed by atoms with Crippen molar-refractivity contribution in [2.75, 3.05) is 0 Å². The number of hydrogen-bond acceptors (Lipinski definition) is 3. The number of H-pyrrole nitrogens is 1. The van der Waals surface area contributed by atoms with E-state index in [1.165, 1.54) is 0 Å². The Morgan fingerprint density at radius 2 is 1.94 bits per heavy atom. The molecule has 1 aliphatic carbocycles. The molecule has 1 aromatic carbocycles. The maximum Gasteiger partial charge on any atom is 0.392 e. The number of halogens is 5. The molecule has 3 rings (SSSR count). The lowest BCUT2D eigenvalue weighted by molar-refractivity contribution is -0.174. The number of nitrogens with zero attached hydrogens (tertiary/aromatic N) is 1. The molecule has 2 aromatic rings. The highest BCUT2D eigenvalue weighted by atomic mass is 19.4. The number of alkyl halides is 5. The molecule has 1 saturated carbocycles. The number of fused-ring (bicyclic) bond motifs is 1. The Balaban J connectivity index is 1.67. The summed E-state index contributed by atoms with van der Waals surface area (Å²) in [4.78, 5) is 19.6. The van der Waals surface area contributed by atoms with Crippen LogP contribution in [-0.2, 0) is 4.79 Å². The van der Waals surface area contributed by atoms with Gasteiger partial charge in [0.1, 0.15) is 5.82 Å². The third-order valence-corrected chi connectivity index (χ3v) is 6.04. The van der Waals surface area contributed by atoms with Crippen LogP contribution in [0.3, 0.4) is 0 Å². The van der Waals surface area contributed by atoms with Gasteiger partial charge in [-0.05, 0) is 43.4 Å². The summed E-state index contributed by atoms with van der Waals surface area (Å²) in [6.45, 7) is 2.65. The third kappa shape index (κ3) is 5.72. The van der Waals surface area contributed by atoms with E-state index in [1.807, 2.05) is 0 Å². The first-order valence-corrected chi connectivity index (χ1v) is 10.3. The Hall–Kier alpha value is -2.23. The van der Waals surface area contributed by atoms with Gasteiger partial charge in [-0.25, -0.2) is 13.8 Å². The van der Waals surface area contributed by atoms with E-state index < -0.39 is 42.4 Å². The minimum atomic E-state index is -4.42. The van der Waals surface area contributed by atoms with Gasteiger partial charge in [-0.15, -0.1) is 0 Å². The summed E-state index contributed by atoms with van der Waals surface area (Å²) in [5.41, 5.74) is 8.28. The molecule has 0 radical (unpaired) electrons. The third-order valence-electron chi connectivity index (χ3n) is 6.04. The van der Waals surface area contributed by atoms with Crippen molar-refractivity contribution in [2.24, 2.45) is 17.6 Å². The Morgan fingerprint density at radius 3 is 2.55 bits per heavy atom. The predicted molar refractivity (Wildman–Crippen MR) is 106 cm³/mol. The zero-order valence-electron chi connectivity index (χ0n) is 17.4. The van der Waals surface area contributed by atoms with Gasteiger partial charge in [0.05, 0.1) is 29.0 Å². The second-order valence-electron chi connectivity index (χ2n) is 8.55. The lowest BCUT2D eigenvalue weighted by Gasteiger charge is -2.31. The van der Waals surface area contributed by atoms with Crippen molar-refractivity contribution in [2.45, 2.75) is 70.1 Å². The number of imidazole rings is 1. The topological polar surface area (TPSA) is 83.8 Å².